The van der Waals surface area contributed by atoms with Crippen LogP contribution < -0.4 is 16.0 Å². The van der Waals surface area contributed by atoms with E-state index in [0.29, 0.717) is 55.0 Å². The maximum Gasteiger partial charge on any atom is 0.416 e. The molecule has 0 bridgehead atoms. The van der Waals surface area contributed by atoms with Gasteiger partial charge in [0.05, 0.1) is 127 Å². The summed E-state index contributed by atoms with van der Waals surface area (Å²) in [7, 11) is -20.3. The Morgan fingerprint density at radius 2 is 0.784 bits per heavy atom. The Bertz CT molecular complexity index is 8590. The van der Waals surface area contributed by atoms with Gasteiger partial charge in [-0.15, -0.1) is 0 Å². The first-order valence-corrected chi connectivity index (χ1v) is 51.1. The first kappa shape index (κ1) is 96.9. The molecule has 0 spiro atoms. The lowest BCUT2D eigenvalue weighted by atomic mass is 10.2. The summed E-state index contributed by atoms with van der Waals surface area (Å²) in [4.78, 5) is 109. The fourth-order valence-electron chi connectivity index (χ4n) is 13.0. The average molecular weight is 2010 g/mol. The molecule has 0 unspecified atom stereocenters. The van der Waals surface area contributed by atoms with Gasteiger partial charge in [-0.25, -0.2) is 164 Å². The molecule has 0 saturated heterocycles. The molecular weight excluding hydrogens is 1930 g/mol. The van der Waals surface area contributed by atoms with Crippen molar-refractivity contribution in [1.82, 2.24) is 131 Å². The van der Waals surface area contributed by atoms with Gasteiger partial charge in [-0.3, -0.25) is 32.6 Å². The Labute approximate surface area is 770 Å². The summed E-state index contributed by atoms with van der Waals surface area (Å²) in [5, 5.41) is 2.45. The minimum Gasteiger partial charge on any atom is -0.444 e. The monoisotopic (exact) mass is 2010 g/mol. The number of hydrogen-bond acceptors (Lipinski definition) is 34. The highest BCUT2D eigenvalue weighted by Crippen LogP contribution is 2.26. The fourth-order valence-corrected chi connectivity index (χ4v) is 17.7. The molecule has 0 fully saturated rings. The van der Waals surface area contributed by atoms with Gasteiger partial charge in [-0.1, -0.05) is 0 Å². The molecule has 0 atom stereocenters. The number of carbonyl (C=O) groups excluding carboxylic acids is 3. The average Bonchev–Trinajstić information content (AvgIpc) is 1.60. The van der Waals surface area contributed by atoms with E-state index in [2.05, 4.69) is 115 Å². The summed E-state index contributed by atoms with van der Waals surface area (Å²) in [6, 6.07) is 13.6. The van der Waals surface area contributed by atoms with Gasteiger partial charge in [0.15, 0.2) is 79.4 Å². The van der Waals surface area contributed by atoms with Crippen molar-refractivity contribution in [1.29, 1.82) is 0 Å². The number of anilines is 3. The summed E-state index contributed by atoms with van der Waals surface area (Å²) < 4.78 is 163. The molecule has 20 aromatic heterocycles. The maximum absolute atomic E-state index is 12.4. The van der Waals surface area contributed by atoms with Gasteiger partial charge >= 0.3 is 12.2 Å². The number of fused-ring (bicyclic) bond motifs is 16. The highest BCUT2D eigenvalue weighted by Gasteiger charge is 2.28. The van der Waals surface area contributed by atoms with E-state index in [0.717, 1.165) is 130 Å². The number of amides is 2. The topological polar surface area (TPSA) is 601 Å². The summed E-state index contributed by atoms with van der Waals surface area (Å²) in [6.07, 6.45) is 37.0. The molecule has 20 rings (SSSR count). The summed E-state index contributed by atoms with van der Waals surface area (Å²) in [6.45, 7) is 19.3. The van der Waals surface area contributed by atoms with E-state index in [9.17, 15) is 64.9 Å². The van der Waals surface area contributed by atoms with Crippen LogP contribution in [0.4, 0.5) is 27.0 Å². The molecule has 702 valence electrons. The standard InChI is InChI=1S/C15H20N4O5S.C12H16N4O4S.2C10H10N4O2S.2C9H8N4.C7H6BrN3O2S.C7H8N4O2S/c1-10(20)9-18(14(21)24-15(2,3)4)12-8-16-13-11(17-12)6-7-19(13)25(5,22)23;1-12(2,3)20-11(17)15-9-7-13-10-8(14-9)5-6-16(10)21(4,18)19;1-7-6-13-8-3-4-14(17(2,15)16)10(8)11-5-9(13)12-7;1-7-5-11-9-6-12-10-8(14(7)9)3-4-13(10)17(2,15)16;1-6-5-13-7-2-3-10-9(7)11-4-8(13)12-6;1-6-4-11-8-5-12-9-7(13(6)8)2-3-10-9;2*1-14(12,13)11-3-2-5-7(11)9-4-6(8)10-5/h6-8H,9H2,1-5H3;5-7H,1-4H3,(H,14,15,17);2*3-6H,1-2H3;2*2-5,10H,1H3;2-4H,1H3;2-4H,1H3,(H2,8,10). The van der Waals surface area contributed by atoms with E-state index in [1.165, 1.54) is 85.0 Å². The van der Waals surface area contributed by atoms with E-state index in [1.54, 1.807) is 96.8 Å². The van der Waals surface area contributed by atoms with Gasteiger partial charge in [-0.05, 0) is 141 Å². The third-order valence-electron chi connectivity index (χ3n) is 18.3. The van der Waals surface area contributed by atoms with Gasteiger partial charge < -0.3 is 25.2 Å². The van der Waals surface area contributed by atoms with Crippen LogP contribution in [0.15, 0.2) is 177 Å². The van der Waals surface area contributed by atoms with Crippen molar-refractivity contribution >= 4 is 223 Å². The van der Waals surface area contributed by atoms with Crippen LogP contribution in [-0.4, -0.2) is 255 Å². The number of hydrogen-bond donors (Lipinski definition) is 4. The second kappa shape index (κ2) is 37.2. The fraction of sp³-hybridized carbons (Fsp3) is 0.253. The number of nitrogen functional groups attached to an aromatic ring is 1. The second-order valence-corrected chi connectivity index (χ2v) is 43.7. The molecule has 20 heterocycles. The zero-order chi connectivity index (χ0) is 97.6. The number of rotatable bonds is 10. The molecule has 0 radical (unpaired) electrons. The summed E-state index contributed by atoms with van der Waals surface area (Å²) >= 11 is 3.16. The number of imidazole rings is 4. The number of aromatic amines is 2. The van der Waals surface area contributed by atoms with Crippen LogP contribution in [0.1, 0.15) is 71.2 Å². The number of ketones is 1. The van der Waals surface area contributed by atoms with Gasteiger partial charge in [0.2, 0.25) is 60.1 Å². The molecule has 0 saturated carbocycles. The highest BCUT2D eigenvalue weighted by atomic mass is 79.9. The molecule has 5 N–H and O–H groups in total. The minimum absolute atomic E-state index is 0.100. The molecule has 2 amide bonds. The van der Waals surface area contributed by atoms with Gasteiger partial charge in [0.1, 0.15) is 49.5 Å². The van der Waals surface area contributed by atoms with Gasteiger partial charge in [0, 0.05) is 85.7 Å². The molecule has 20 aromatic rings. The van der Waals surface area contributed by atoms with Crippen LogP contribution in [0, 0.1) is 27.7 Å². The number of nitrogens with one attached hydrogen (secondary N) is 3. The lowest BCUT2D eigenvalue weighted by Crippen LogP contribution is -2.40. The molecule has 48 nitrogen and oxygen atoms in total. The smallest absolute Gasteiger partial charge is 0.416 e. The van der Waals surface area contributed by atoms with Crippen molar-refractivity contribution in [3.8, 4) is 0 Å². The zero-order valence-electron chi connectivity index (χ0n) is 74.3. The lowest BCUT2D eigenvalue weighted by Gasteiger charge is -2.26. The van der Waals surface area contributed by atoms with Crippen LogP contribution in [0.25, 0.3) is 112 Å². The van der Waals surface area contributed by atoms with Crippen molar-refractivity contribution in [3.05, 3.63) is 200 Å². The van der Waals surface area contributed by atoms with E-state index in [1.807, 2.05) is 84.0 Å². The number of ether oxygens (including phenoxy) is 2. The number of H-pyrrole nitrogens is 2. The molecule has 0 aliphatic carbocycles. The maximum atomic E-state index is 12.4. The second-order valence-electron chi connectivity index (χ2n) is 31.7. The molecule has 0 aromatic carbocycles. The molecule has 134 heavy (non-hydrogen) atoms. The Hall–Kier alpha value is -14.7. The summed E-state index contributed by atoms with van der Waals surface area (Å²) in [5.41, 5.74) is 20.0. The Balaban J connectivity index is 0.000000131. The lowest BCUT2D eigenvalue weighted by molar-refractivity contribution is -0.115. The van der Waals surface area contributed by atoms with E-state index in [4.69, 9.17) is 15.2 Å². The first-order chi connectivity index (χ1) is 62.6. The van der Waals surface area contributed by atoms with Crippen LogP contribution >= 0.6 is 15.9 Å². The number of aromatic nitrogens is 28. The third kappa shape index (κ3) is 22.2. The van der Waals surface area contributed by atoms with Crippen molar-refractivity contribution in [2.24, 2.45) is 0 Å². The van der Waals surface area contributed by atoms with Gasteiger partial charge in [-0.2, -0.15) is 0 Å². The van der Waals surface area contributed by atoms with E-state index in [-0.39, 0.29) is 46.6 Å². The quantitative estimate of drug-likeness (QED) is 0.0994. The number of nitrogens with two attached hydrogens (primary N) is 1. The Kier molecular flexibility index (Phi) is 26.9. The molecule has 0 aliphatic rings. The molecular formula is C79H86BrN31O17S6. The highest BCUT2D eigenvalue weighted by molar-refractivity contribution is 9.10. The third-order valence-corrected chi connectivity index (χ3v) is 24.8. The van der Waals surface area contributed by atoms with Gasteiger partial charge in [0.25, 0.3) is 0 Å². The Morgan fingerprint density at radius 3 is 1.27 bits per heavy atom. The number of carbonyl (C=O) groups is 3. The predicted molar refractivity (Wildman–Crippen MR) is 503 cm³/mol. The first-order valence-electron chi connectivity index (χ1n) is 39.2. The van der Waals surface area contributed by atoms with E-state index >= 15 is 0 Å². The van der Waals surface area contributed by atoms with Crippen molar-refractivity contribution < 1.29 is 74.4 Å². The normalized spacial score (nSPS) is 12.2. The summed E-state index contributed by atoms with van der Waals surface area (Å²) in [5.74, 6) is 0.288. The molecule has 55 heteroatoms. The minimum atomic E-state index is -3.52. The number of halogens is 1. The Morgan fingerprint density at radius 1 is 0.410 bits per heavy atom. The van der Waals surface area contributed by atoms with Crippen molar-refractivity contribution in [2.45, 2.75) is 87.4 Å². The van der Waals surface area contributed by atoms with Crippen LogP contribution in [0.2, 0.25) is 0 Å². The number of Topliss-reactive ketones (excluding diaryl/α,β-unsaturated/α-hetero) is 1. The largest absolute Gasteiger partial charge is 0.444 e. The SMILES string of the molecule is CC(=O)CN(C(=O)OC(C)(C)C)c1cnc2c(ccn2S(C)(=O)=O)n1.CC(C)(C)OC(=O)Nc1cnc2c(ccn2S(C)(=O)=O)n1.CS(=O)(=O)n1ccc2nc(Br)cnc21.CS(=O)(=O)n1ccc2nc(N)cnc21.Cc1cn2c(cnc3[nH]ccc32)n1.Cc1cn2c(cnc3c2ccn3S(C)(=O)=O)n1.Cc1cnc2cnc3[nH]ccc3n12.Cc1cnc2cnc3c(ccn3S(C)(=O)=O)n12. The zero-order valence-corrected chi connectivity index (χ0v) is 80.8. The number of nitrogens with zero attached hydrogens (tertiary/aromatic N) is 27. The van der Waals surface area contributed by atoms with E-state index < -0.39 is 83.5 Å². The molecule has 0 aliphatic heterocycles. The van der Waals surface area contributed by atoms with Crippen molar-refractivity contribution in [2.75, 3.05) is 60.0 Å². The van der Waals surface area contributed by atoms with Crippen LogP contribution in [-0.2, 0) is 74.4 Å². The van der Waals surface area contributed by atoms with Crippen LogP contribution in [0.3, 0.4) is 0 Å². The van der Waals surface area contributed by atoms with Crippen LogP contribution in [0.5, 0.6) is 0 Å². The van der Waals surface area contributed by atoms with Crippen molar-refractivity contribution in [3.63, 3.8) is 0 Å². The predicted octanol–water partition coefficient (Wildman–Crippen LogP) is 8.62. The number of aryl methyl sites for hydroxylation is 4.